The van der Waals surface area contributed by atoms with Gasteiger partial charge in [-0.05, 0) is 25.1 Å². The highest BCUT2D eigenvalue weighted by atomic mass is 35.5. The molecular formula is C10H9ClFN3S. The van der Waals surface area contributed by atoms with Gasteiger partial charge in [0.2, 0.25) is 5.13 Å². The first-order valence-electron chi connectivity index (χ1n) is 4.73. The SMILES string of the molecule is CCNc1nnc(-c2ccc(F)cc2Cl)s1. The van der Waals surface area contributed by atoms with Crippen molar-refractivity contribution in [1.29, 1.82) is 0 Å². The van der Waals surface area contributed by atoms with E-state index >= 15 is 0 Å². The first-order valence-corrected chi connectivity index (χ1v) is 5.93. The van der Waals surface area contributed by atoms with Crippen molar-refractivity contribution >= 4 is 28.1 Å². The summed E-state index contributed by atoms with van der Waals surface area (Å²) in [6.07, 6.45) is 0. The zero-order chi connectivity index (χ0) is 11.5. The van der Waals surface area contributed by atoms with Gasteiger partial charge in [0.1, 0.15) is 5.82 Å². The number of anilines is 1. The second-order valence-electron chi connectivity index (χ2n) is 3.07. The van der Waals surface area contributed by atoms with Crippen LogP contribution in [0, 0.1) is 5.82 Å². The molecule has 0 unspecified atom stereocenters. The Morgan fingerprint density at radius 1 is 1.44 bits per heavy atom. The van der Waals surface area contributed by atoms with Crippen LogP contribution in [0.15, 0.2) is 18.2 Å². The highest BCUT2D eigenvalue weighted by molar-refractivity contribution is 7.18. The van der Waals surface area contributed by atoms with Crippen LogP contribution in [0.5, 0.6) is 0 Å². The van der Waals surface area contributed by atoms with E-state index in [1.165, 1.54) is 23.5 Å². The summed E-state index contributed by atoms with van der Waals surface area (Å²) in [6, 6.07) is 4.23. The summed E-state index contributed by atoms with van der Waals surface area (Å²) in [5.74, 6) is -0.356. The fourth-order valence-corrected chi connectivity index (χ4v) is 2.38. The van der Waals surface area contributed by atoms with Crippen LogP contribution >= 0.6 is 22.9 Å². The van der Waals surface area contributed by atoms with Crippen LogP contribution < -0.4 is 5.32 Å². The summed E-state index contributed by atoms with van der Waals surface area (Å²) in [6.45, 7) is 2.76. The molecule has 1 heterocycles. The van der Waals surface area contributed by atoms with Crippen molar-refractivity contribution in [3.05, 3.63) is 29.0 Å². The van der Waals surface area contributed by atoms with Crippen molar-refractivity contribution in [2.24, 2.45) is 0 Å². The Balaban J connectivity index is 2.35. The number of benzene rings is 1. The van der Waals surface area contributed by atoms with E-state index in [4.69, 9.17) is 11.6 Å². The van der Waals surface area contributed by atoms with Gasteiger partial charge in [0.25, 0.3) is 0 Å². The van der Waals surface area contributed by atoms with E-state index in [2.05, 4.69) is 15.5 Å². The Labute approximate surface area is 101 Å². The fourth-order valence-electron chi connectivity index (χ4n) is 1.22. The molecule has 0 amide bonds. The molecule has 0 aliphatic heterocycles. The lowest BCUT2D eigenvalue weighted by Crippen LogP contribution is -1.94. The zero-order valence-corrected chi connectivity index (χ0v) is 10.1. The first-order chi connectivity index (χ1) is 7.70. The molecule has 0 aliphatic rings. The molecule has 1 aromatic carbocycles. The molecule has 2 rings (SSSR count). The molecule has 0 fully saturated rings. The lowest BCUT2D eigenvalue weighted by atomic mass is 10.2. The molecular weight excluding hydrogens is 249 g/mol. The van der Waals surface area contributed by atoms with Gasteiger partial charge in [0.05, 0.1) is 5.02 Å². The normalized spacial score (nSPS) is 10.4. The molecule has 2 aromatic rings. The van der Waals surface area contributed by atoms with Crippen molar-refractivity contribution in [1.82, 2.24) is 10.2 Å². The lowest BCUT2D eigenvalue weighted by Gasteiger charge is -1.98. The maximum atomic E-state index is 12.9. The minimum absolute atomic E-state index is 0.346. The van der Waals surface area contributed by atoms with E-state index in [0.717, 1.165) is 11.7 Å². The minimum Gasteiger partial charge on any atom is -0.360 e. The van der Waals surface area contributed by atoms with Gasteiger partial charge in [-0.3, -0.25) is 0 Å². The molecule has 0 bridgehead atoms. The molecule has 0 radical (unpaired) electrons. The highest BCUT2D eigenvalue weighted by Crippen LogP contribution is 2.32. The monoisotopic (exact) mass is 257 g/mol. The zero-order valence-electron chi connectivity index (χ0n) is 8.50. The smallest absolute Gasteiger partial charge is 0.205 e. The van der Waals surface area contributed by atoms with Crippen LogP contribution in [0.25, 0.3) is 10.6 Å². The minimum atomic E-state index is -0.356. The molecule has 6 heteroatoms. The summed E-state index contributed by atoms with van der Waals surface area (Å²) in [5, 5.41) is 12.8. The van der Waals surface area contributed by atoms with Gasteiger partial charge in [0, 0.05) is 12.1 Å². The Kier molecular flexibility index (Phi) is 3.36. The summed E-state index contributed by atoms with van der Waals surface area (Å²) >= 11 is 7.32. The van der Waals surface area contributed by atoms with E-state index in [1.54, 1.807) is 6.07 Å². The molecule has 84 valence electrons. The topological polar surface area (TPSA) is 37.8 Å². The number of aromatic nitrogens is 2. The third-order valence-electron chi connectivity index (χ3n) is 1.91. The van der Waals surface area contributed by atoms with Gasteiger partial charge >= 0.3 is 0 Å². The molecule has 1 aromatic heterocycles. The molecule has 0 saturated carbocycles. The number of rotatable bonds is 3. The molecule has 1 N–H and O–H groups in total. The van der Waals surface area contributed by atoms with E-state index in [0.29, 0.717) is 15.6 Å². The second kappa shape index (κ2) is 4.76. The largest absolute Gasteiger partial charge is 0.360 e. The number of nitrogens with zero attached hydrogens (tertiary/aromatic N) is 2. The van der Waals surface area contributed by atoms with Crippen molar-refractivity contribution < 1.29 is 4.39 Å². The van der Waals surface area contributed by atoms with E-state index < -0.39 is 0 Å². The summed E-state index contributed by atoms with van der Waals surface area (Å²) in [4.78, 5) is 0. The molecule has 0 saturated heterocycles. The maximum absolute atomic E-state index is 12.9. The van der Waals surface area contributed by atoms with Crippen molar-refractivity contribution in [2.75, 3.05) is 11.9 Å². The average molecular weight is 258 g/mol. The molecule has 0 atom stereocenters. The Hall–Kier alpha value is -1.20. The van der Waals surface area contributed by atoms with Gasteiger partial charge in [-0.15, -0.1) is 10.2 Å². The number of hydrogen-bond donors (Lipinski definition) is 1. The van der Waals surface area contributed by atoms with Gasteiger partial charge in [-0.1, -0.05) is 22.9 Å². The van der Waals surface area contributed by atoms with Crippen LogP contribution in [0.1, 0.15) is 6.92 Å². The number of nitrogens with one attached hydrogen (secondary N) is 1. The molecule has 0 spiro atoms. The molecule has 0 aliphatic carbocycles. The quantitative estimate of drug-likeness (QED) is 0.915. The number of halogens is 2. The first kappa shape index (κ1) is 11.3. The predicted molar refractivity (Wildman–Crippen MR) is 64.5 cm³/mol. The third kappa shape index (κ3) is 2.31. The van der Waals surface area contributed by atoms with Crippen LogP contribution in [-0.2, 0) is 0 Å². The predicted octanol–water partition coefficient (Wildman–Crippen LogP) is 3.43. The summed E-state index contributed by atoms with van der Waals surface area (Å²) in [7, 11) is 0. The van der Waals surface area contributed by atoms with Gasteiger partial charge < -0.3 is 5.32 Å². The fraction of sp³-hybridized carbons (Fsp3) is 0.200. The second-order valence-corrected chi connectivity index (χ2v) is 4.45. The standard InChI is InChI=1S/C10H9ClFN3S/c1-2-13-10-15-14-9(16-10)7-4-3-6(12)5-8(7)11/h3-5H,2H2,1H3,(H,13,15). The van der Waals surface area contributed by atoms with E-state index in [9.17, 15) is 4.39 Å². The molecule has 16 heavy (non-hydrogen) atoms. The summed E-state index contributed by atoms with van der Waals surface area (Å²) in [5.41, 5.74) is 0.699. The van der Waals surface area contributed by atoms with Crippen LogP contribution in [-0.4, -0.2) is 16.7 Å². The lowest BCUT2D eigenvalue weighted by molar-refractivity contribution is 0.628. The van der Waals surface area contributed by atoms with Gasteiger partial charge in [-0.2, -0.15) is 0 Å². The highest BCUT2D eigenvalue weighted by Gasteiger charge is 2.10. The Morgan fingerprint density at radius 3 is 2.94 bits per heavy atom. The van der Waals surface area contributed by atoms with Crippen molar-refractivity contribution in [3.8, 4) is 10.6 Å². The Morgan fingerprint density at radius 2 is 2.25 bits per heavy atom. The summed E-state index contributed by atoms with van der Waals surface area (Å²) < 4.78 is 12.9. The van der Waals surface area contributed by atoms with Crippen molar-refractivity contribution in [2.45, 2.75) is 6.92 Å². The van der Waals surface area contributed by atoms with E-state index in [-0.39, 0.29) is 5.82 Å². The molecule has 3 nitrogen and oxygen atoms in total. The van der Waals surface area contributed by atoms with Crippen LogP contribution in [0.3, 0.4) is 0 Å². The third-order valence-corrected chi connectivity index (χ3v) is 3.14. The average Bonchev–Trinajstić information content (AvgIpc) is 2.67. The van der Waals surface area contributed by atoms with Crippen LogP contribution in [0.4, 0.5) is 9.52 Å². The number of hydrogen-bond acceptors (Lipinski definition) is 4. The van der Waals surface area contributed by atoms with Gasteiger partial charge in [-0.25, -0.2) is 4.39 Å². The van der Waals surface area contributed by atoms with E-state index in [1.807, 2.05) is 6.92 Å². The van der Waals surface area contributed by atoms with Crippen molar-refractivity contribution in [3.63, 3.8) is 0 Å². The Bertz CT molecular complexity index is 501. The van der Waals surface area contributed by atoms with Gasteiger partial charge in [0.15, 0.2) is 5.01 Å². The van der Waals surface area contributed by atoms with Crippen LogP contribution in [0.2, 0.25) is 5.02 Å². The maximum Gasteiger partial charge on any atom is 0.205 e.